The van der Waals surface area contributed by atoms with Crippen molar-refractivity contribution in [2.24, 2.45) is 0 Å². The Balaban J connectivity index is 2.92. The fourth-order valence-corrected chi connectivity index (χ4v) is 2.68. The van der Waals surface area contributed by atoms with Crippen molar-refractivity contribution in [1.82, 2.24) is 10.3 Å². The summed E-state index contributed by atoms with van der Waals surface area (Å²) >= 11 is 0. The molecule has 0 saturated heterocycles. The van der Waals surface area contributed by atoms with E-state index in [-0.39, 0.29) is 11.8 Å². The Hall–Kier alpha value is -1.14. The fraction of sp³-hybridized carbons (Fsp3) is 0.615. The van der Waals surface area contributed by atoms with E-state index in [4.69, 9.17) is 4.74 Å². The summed E-state index contributed by atoms with van der Waals surface area (Å²) in [5.41, 5.74) is 0.838. The van der Waals surface area contributed by atoms with Gasteiger partial charge in [-0.15, -0.1) is 0 Å². The largest absolute Gasteiger partial charge is 0.492 e. The second kappa shape index (κ2) is 7.45. The number of pyridine rings is 1. The van der Waals surface area contributed by atoms with Crippen molar-refractivity contribution < 1.29 is 13.2 Å². The summed E-state index contributed by atoms with van der Waals surface area (Å²) in [5.74, 6) is 0.723. The van der Waals surface area contributed by atoms with Crippen LogP contribution < -0.4 is 10.1 Å². The number of nitrogens with zero attached hydrogens (tertiary/aromatic N) is 1. The van der Waals surface area contributed by atoms with Crippen molar-refractivity contribution in [2.45, 2.75) is 26.3 Å². The predicted octanol–water partition coefficient (Wildman–Crippen LogP) is 1.57. The number of hydrogen-bond donors (Lipinski definition) is 1. The van der Waals surface area contributed by atoms with Crippen molar-refractivity contribution >= 4 is 9.84 Å². The van der Waals surface area contributed by atoms with Gasteiger partial charge >= 0.3 is 0 Å². The third-order valence-corrected chi connectivity index (χ3v) is 3.50. The number of aromatic nitrogens is 1. The van der Waals surface area contributed by atoms with Gasteiger partial charge < -0.3 is 10.1 Å². The summed E-state index contributed by atoms with van der Waals surface area (Å²) in [7, 11) is -3.06. The maximum Gasteiger partial charge on any atom is 0.149 e. The molecule has 1 atom stereocenters. The fourth-order valence-electron chi connectivity index (χ4n) is 1.77. The normalized spacial score (nSPS) is 13.2. The first kappa shape index (κ1) is 15.9. The number of hydrogen-bond acceptors (Lipinski definition) is 5. The van der Waals surface area contributed by atoms with Crippen LogP contribution in [-0.4, -0.2) is 38.6 Å². The molecule has 1 aromatic rings. The van der Waals surface area contributed by atoms with Gasteiger partial charge in [0.2, 0.25) is 0 Å². The first-order valence-corrected chi connectivity index (χ1v) is 8.51. The molecule has 0 aliphatic carbocycles. The number of rotatable bonds is 8. The third-order valence-electron chi connectivity index (χ3n) is 2.56. The Labute approximate surface area is 115 Å². The van der Waals surface area contributed by atoms with Gasteiger partial charge in [-0.1, -0.05) is 6.92 Å². The topological polar surface area (TPSA) is 68.3 Å². The van der Waals surface area contributed by atoms with Crippen molar-refractivity contribution in [3.05, 3.63) is 24.0 Å². The van der Waals surface area contributed by atoms with E-state index in [0.29, 0.717) is 12.4 Å². The molecular weight excluding hydrogens is 264 g/mol. The molecule has 1 unspecified atom stereocenters. The summed E-state index contributed by atoms with van der Waals surface area (Å²) in [6.07, 6.45) is 5.50. The van der Waals surface area contributed by atoms with E-state index in [1.165, 1.54) is 6.26 Å². The minimum absolute atomic E-state index is 0.0598. The average Bonchev–Trinajstić information content (AvgIpc) is 2.34. The van der Waals surface area contributed by atoms with Crippen LogP contribution in [0.2, 0.25) is 0 Å². The van der Waals surface area contributed by atoms with Crippen molar-refractivity contribution in [3.8, 4) is 5.75 Å². The average molecular weight is 286 g/mol. The van der Waals surface area contributed by atoms with Gasteiger partial charge in [0, 0.05) is 18.5 Å². The van der Waals surface area contributed by atoms with Crippen LogP contribution in [0.1, 0.15) is 31.9 Å². The van der Waals surface area contributed by atoms with Gasteiger partial charge in [0.05, 0.1) is 18.6 Å². The second-order valence-corrected chi connectivity index (χ2v) is 6.67. The molecule has 0 saturated carbocycles. The highest BCUT2D eigenvalue weighted by Gasteiger charge is 2.17. The first-order chi connectivity index (χ1) is 8.96. The molecule has 1 N–H and O–H groups in total. The Morgan fingerprint density at radius 2 is 2.11 bits per heavy atom. The summed E-state index contributed by atoms with van der Waals surface area (Å²) in [4.78, 5) is 4.10. The Bertz CT molecular complexity index is 488. The van der Waals surface area contributed by atoms with Gasteiger partial charge in [-0.05, 0) is 31.5 Å². The van der Waals surface area contributed by atoms with E-state index >= 15 is 0 Å². The molecule has 0 aliphatic heterocycles. The zero-order valence-corrected chi connectivity index (χ0v) is 12.5. The minimum atomic E-state index is -3.06. The van der Waals surface area contributed by atoms with Crippen LogP contribution >= 0.6 is 0 Å². The third kappa shape index (κ3) is 6.02. The molecule has 0 aromatic carbocycles. The van der Waals surface area contributed by atoms with Crippen LogP contribution in [0.25, 0.3) is 0 Å². The van der Waals surface area contributed by atoms with Gasteiger partial charge in [0.1, 0.15) is 15.6 Å². The van der Waals surface area contributed by atoms with E-state index < -0.39 is 9.84 Å². The van der Waals surface area contributed by atoms with Crippen LogP contribution in [0, 0.1) is 0 Å². The Morgan fingerprint density at radius 3 is 2.68 bits per heavy atom. The Kier molecular flexibility index (Phi) is 6.24. The molecule has 5 nitrogen and oxygen atoms in total. The lowest BCUT2D eigenvalue weighted by atomic mass is 10.1. The molecule has 0 radical (unpaired) electrons. The van der Waals surface area contributed by atoms with Gasteiger partial charge in [0.25, 0.3) is 0 Å². The summed E-state index contributed by atoms with van der Waals surface area (Å²) in [5, 5.41) is 3.24. The summed E-state index contributed by atoms with van der Waals surface area (Å²) < 4.78 is 28.4. The summed E-state index contributed by atoms with van der Waals surface area (Å²) in [6.45, 7) is 5.26. The molecule has 0 amide bonds. The van der Waals surface area contributed by atoms with Gasteiger partial charge in [-0.25, -0.2) is 8.42 Å². The van der Waals surface area contributed by atoms with Crippen LogP contribution in [0.4, 0.5) is 0 Å². The minimum Gasteiger partial charge on any atom is -0.492 e. The zero-order chi connectivity index (χ0) is 14.3. The second-order valence-electron chi connectivity index (χ2n) is 4.49. The smallest absolute Gasteiger partial charge is 0.149 e. The highest BCUT2D eigenvalue weighted by Crippen LogP contribution is 2.19. The van der Waals surface area contributed by atoms with Crippen LogP contribution in [0.15, 0.2) is 18.5 Å². The molecule has 0 aliphatic rings. The molecule has 19 heavy (non-hydrogen) atoms. The van der Waals surface area contributed by atoms with Crippen molar-refractivity contribution in [3.63, 3.8) is 0 Å². The van der Waals surface area contributed by atoms with E-state index in [1.807, 2.05) is 19.9 Å². The maximum absolute atomic E-state index is 11.5. The standard InChI is InChI=1S/C13H22N2O3S/c1-4-6-15-13(10-19(3,16)17)11-7-12(18-5-2)9-14-8-11/h7-9,13,15H,4-6,10H2,1-3H3. The molecule has 0 bridgehead atoms. The van der Waals surface area contributed by atoms with Gasteiger partial charge in [0.15, 0.2) is 0 Å². The van der Waals surface area contributed by atoms with E-state index in [9.17, 15) is 8.42 Å². The lowest BCUT2D eigenvalue weighted by Gasteiger charge is -2.18. The highest BCUT2D eigenvalue weighted by atomic mass is 32.2. The van der Waals surface area contributed by atoms with E-state index in [0.717, 1.165) is 18.5 Å². The number of ether oxygens (including phenoxy) is 1. The lowest BCUT2D eigenvalue weighted by Crippen LogP contribution is -2.28. The maximum atomic E-state index is 11.5. The first-order valence-electron chi connectivity index (χ1n) is 6.45. The van der Waals surface area contributed by atoms with Gasteiger partial charge in [-0.2, -0.15) is 0 Å². The molecule has 1 rings (SSSR count). The molecule has 0 fully saturated rings. The van der Waals surface area contributed by atoms with Crippen molar-refractivity contribution in [2.75, 3.05) is 25.2 Å². The van der Waals surface area contributed by atoms with Crippen LogP contribution in [-0.2, 0) is 9.84 Å². The quantitative estimate of drug-likeness (QED) is 0.785. The van der Waals surface area contributed by atoms with Crippen LogP contribution in [0.3, 0.4) is 0 Å². The number of sulfone groups is 1. The Morgan fingerprint density at radius 1 is 1.37 bits per heavy atom. The van der Waals surface area contributed by atoms with E-state index in [1.54, 1.807) is 12.4 Å². The molecule has 1 aromatic heterocycles. The monoisotopic (exact) mass is 286 g/mol. The molecule has 108 valence electrons. The molecule has 1 heterocycles. The van der Waals surface area contributed by atoms with E-state index in [2.05, 4.69) is 10.3 Å². The van der Waals surface area contributed by atoms with Gasteiger partial charge in [-0.3, -0.25) is 4.98 Å². The zero-order valence-electron chi connectivity index (χ0n) is 11.7. The summed E-state index contributed by atoms with van der Waals surface area (Å²) in [6, 6.07) is 1.59. The molecule has 0 spiro atoms. The lowest BCUT2D eigenvalue weighted by molar-refractivity contribution is 0.338. The number of nitrogens with one attached hydrogen (secondary N) is 1. The highest BCUT2D eigenvalue weighted by molar-refractivity contribution is 7.90. The molecular formula is C13H22N2O3S. The van der Waals surface area contributed by atoms with Crippen molar-refractivity contribution in [1.29, 1.82) is 0 Å². The SMILES string of the molecule is CCCNC(CS(C)(=O)=O)c1cncc(OCC)c1. The predicted molar refractivity (Wildman–Crippen MR) is 76.2 cm³/mol. The molecule has 6 heteroatoms. The van der Waals surface area contributed by atoms with Crippen LogP contribution in [0.5, 0.6) is 5.75 Å².